The molecule has 2 rings (SSSR count). The van der Waals surface area contributed by atoms with E-state index in [1.165, 1.54) is 17.4 Å². The van der Waals surface area contributed by atoms with Crippen LogP contribution in [0.4, 0.5) is 10.9 Å². The monoisotopic (exact) mass is 297 g/mol. The van der Waals surface area contributed by atoms with Gasteiger partial charge < -0.3 is 10.4 Å². The summed E-state index contributed by atoms with van der Waals surface area (Å²) in [5, 5.41) is 14.7. The van der Waals surface area contributed by atoms with Crippen LogP contribution in [0.3, 0.4) is 0 Å². The lowest BCUT2D eigenvalue weighted by molar-refractivity contribution is 0.0691. The Hall–Kier alpha value is -1.66. The number of pyridine rings is 1. The van der Waals surface area contributed by atoms with E-state index in [0.717, 1.165) is 5.69 Å². The van der Waals surface area contributed by atoms with Crippen molar-refractivity contribution in [2.24, 2.45) is 0 Å². The van der Waals surface area contributed by atoms with E-state index in [1.54, 1.807) is 6.07 Å². The minimum Gasteiger partial charge on any atom is -0.476 e. The molecule has 2 N–H and O–H groups in total. The topological polar surface area (TPSA) is 75.1 Å². The molecule has 100 valence electrons. The number of rotatable bonds is 4. The van der Waals surface area contributed by atoms with Gasteiger partial charge in [0, 0.05) is 5.38 Å². The Labute approximate surface area is 119 Å². The summed E-state index contributed by atoms with van der Waals surface area (Å²) < 4.78 is 0. The van der Waals surface area contributed by atoms with Crippen molar-refractivity contribution in [3.8, 4) is 0 Å². The first-order valence-corrected chi connectivity index (χ1v) is 6.85. The van der Waals surface area contributed by atoms with Crippen LogP contribution in [0.25, 0.3) is 0 Å². The largest absolute Gasteiger partial charge is 0.476 e. The van der Waals surface area contributed by atoms with E-state index < -0.39 is 5.97 Å². The zero-order valence-electron chi connectivity index (χ0n) is 10.3. The summed E-state index contributed by atoms with van der Waals surface area (Å²) in [6.45, 7) is 4.11. The summed E-state index contributed by atoms with van der Waals surface area (Å²) >= 11 is 7.20. The minimum absolute atomic E-state index is 0.111. The standard InChI is InChI=1S/C12H12ClN3O2S/c1-6(2)8-5-19-12(14-8)16-9-4-3-7(13)10(15-9)11(17)18/h3-6H,1-2H3,(H,17,18)(H,14,15,16). The van der Waals surface area contributed by atoms with Crippen molar-refractivity contribution in [1.82, 2.24) is 9.97 Å². The molecule has 0 aliphatic heterocycles. The maximum atomic E-state index is 10.9. The molecular formula is C12H12ClN3O2S. The van der Waals surface area contributed by atoms with E-state index in [-0.39, 0.29) is 10.7 Å². The highest BCUT2D eigenvalue weighted by atomic mass is 35.5. The van der Waals surface area contributed by atoms with Crippen LogP contribution < -0.4 is 5.32 Å². The lowest BCUT2D eigenvalue weighted by Gasteiger charge is -2.04. The molecule has 0 saturated heterocycles. The SMILES string of the molecule is CC(C)c1csc(Nc2ccc(Cl)c(C(=O)O)n2)n1. The van der Waals surface area contributed by atoms with Gasteiger partial charge >= 0.3 is 5.97 Å². The number of carboxylic acids is 1. The van der Waals surface area contributed by atoms with Gasteiger partial charge in [-0.1, -0.05) is 25.4 Å². The van der Waals surface area contributed by atoms with Crippen molar-refractivity contribution in [1.29, 1.82) is 0 Å². The van der Waals surface area contributed by atoms with Gasteiger partial charge in [0.25, 0.3) is 0 Å². The van der Waals surface area contributed by atoms with Crippen LogP contribution in [-0.4, -0.2) is 21.0 Å². The Morgan fingerprint density at radius 1 is 1.42 bits per heavy atom. The van der Waals surface area contributed by atoms with Gasteiger partial charge in [-0.2, -0.15) is 0 Å². The van der Waals surface area contributed by atoms with Crippen LogP contribution in [0.1, 0.15) is 35.9 Å². The van der Waals surface area contributed by atoms with Crippen molar-refractivity contribution in [2.45, 2.75) is 19.8 Å². The van der Waals surface area contributed by atoms with Gasteiger partial charge in [0.2, 0.25) is 0 Å². The Kier molecular flexibility index (Phi) is 4.01. The lowest BCUT2D eigenvalue weighted by atomic mass is 10.2. The summed E-state index contributed by atoms with van der Waals surface area (Å²) in [6, 6.07) is 3.11. The number of hydrogen-bond donors (Lipinski definition) is 2. The molecule has 0 aromatic carbocycles. The average Bonchev–Trinajstić information content (AvgIpc) is 2.80. The number of hydrogen-bond acceptors (Lipinski definition) is 5. The number of halogens is 1. The van der Waals surface area contributed by atoms with E-state index in [4.69, 9.17) is 16.7 Å². The van der Waals surface area contributed by atoms with Crippen molar-refractivity contribution < 1.29 is 9.90 Å². The number of nitrogens with zero attached hydrogens (tertiary/aromatic N) is 2. The number of anilines is 2. The number of aromatic carboxylic acids is 1. The van der Waals surface area contributed by atoms with Gasteiger partial charge in [-0.25, -0.2) is 14.8 Å². The third-order valence-electron chi connectivity index (χ3n) is 2.40. The van der Waals surface area contributed by atoms with Crippen LogP contribution in [0.15, 0.2) is 17.5 Å². The summed E-state index contributed by atoms with van der Waals surface area (Å²) in [7, 11) is 0. The van der Waals surface area contributed by atoms with Crippen LogP contribution in [0.2, 0.25) is 5.02 Å². The molecule has 2 aromatic rings. The van der Waals surface area contributed by atoms with Crippen LogP contribution in [-0.2, 0) is 0 Å². The molecule has 0 bridgehead atoms. The second-order valence-electron chi connectivity index (χ2n) is 4.19. The molecule has 0 amide bonds. The number of thiazole rings is 1. The molecular weight excluding hydrogens is 286 g/mol. The van der Waals surface area contributed by atoms with E-state index >= 15 is 0 Å². The van der Waals surface area contributed by atoms with Crippen molar-refractivity contribution >= 4 is 39.9 Å². The first kappa shape index (κ1) is 13.8. The highest BCUT2D eigenvalue weighted by Crippen LogP contribution is 2.25. The first-order chi connectivity index (χ1) is 8.97. The fourth-order valence-electron chi connectivity index (χ4n) is 1.38. The van der Waals surface area contributed by atoms with Gasteiger partial charge in [0.1, 0.15) is 5.82 Å². The molecule has 0 radical (unpaired) electrons. The summed E-state index contributed by atoms with van der Waals surface area (Å²) in [4.78, 5) is 19.3. The van der Waals surface area contributed by atoms with Crippen molar-refractivity contribution in [2.75, 3.05) is 5.32 Å². The Morgan fingerprint density at radius 2 is 2.16 bits per heavy atom. The van der Waals surface area contributed by atoms with E-state index in [1.807, 2.05) is 5.38 Å². The van der Waals surface area contributed by atoms with Crippen LogP contribution in [0.5, 0.6) is 0 Å². The molecule has 0 aliphatic rings. The second kappa shape index (κ2) is 5.54. The van der Waals surface area contributed by atoms with Gasteiger partial charge in [0.05, 0.1) is 10.7 Å². The third-order valence-corrected chi connectivity index (χ3v) is 3.48. The lowest BCUT2D eigenvalue weighted by Crippen LogP contribution is -2.04. The molecule has 0 saturated carbocycles. The quantitative estimate of drug-likeness (QED) is 0.899. The number of nitrogens with one attached hydrogen (secondary N) is 1. The van der Waals surface area contributed by atoms with E-state index in [0.29, 0.717) is 16.9 Å². The molecule has 0 spiro atoms. The van der Waals surface area contributed by atoms with E-state index in [2.05, 4.69) is 29.1 Å². The highest BCUT2D eigenvalue weighted by Gasteiger charge is 2.12. The fraction of sp³-hybridized carbons (Fsp3) is 0.250. The maximum Gasteiger partial charge on any atom is 0.356 e. The second-order valence-corrected chi connectivity index (χ2v) is 5.45. The minimum atomic E-state index is -1.16. The van der Waals surface area contributed by atoms with Crippen LogP contribution >= 0.6 is 22.9 Å². The predicted octanol–water partition coefficient (Wildman–Crippen LogP) is 3.76. The summed E-state index contributed by atoms with van der Waals surface area (Å²) in [6.07, 6.45) is 0. The Morgan fingerprint density at radius 3 is 2.74 bits per heavy atom. The Bertz CT molecular complexity index is 613. The molecule has 7 heteroatoms. The molecule has 0 aliphatic carbocycles. The predicted molar refractivity (Wildman–Crippen MR) is 75.7 cm³/mol. The summed E-state index contributed by atoms with van der Waals surface area (Å²) in [5.41, 5.74) is 0.812. The van der Waals surface area contributed by atoms with Gasteiger partial charge in [-0.3, -0.25) is 0 Å². The van der Waals surface area contributed by atoms with Crippen LogP contribution in [0, 0.1) is 0 Å². The highest BCUT2D eigenvalue weighted by molar-refractivity contribution is 7.13. The molecule has 0 atom stereocenters. The zero-order valence-corrected chi connectivity index (χ0v) is 11.9. The normalized spacial score (nSPS) is 10.7. The van der Waals surface area contributed by atoms with Crippen molar-refractivity contribution in [3.05, 3.63) is 33.9 Å². The van der Waals surface area contributed by atoms with Gasteiger partial charge in [-0.05, 0) is 18.1 Å². The average molecular weight is 298 g/mol. The summed E-state index contributed by atoms with van der Waals surface area (Å²) in [5.74, 6) is -0.401. The van der Waals surface area contributed by atoms with Gasteiger partial charge in [0.15, 0.2) is 10.8 Å². The Balaban J connectivity index is 2.23. The smallest absolute Gasteiger partial charge is 0.356 e. The zero-order chi connectivity index (χ0) is 14.0. The van der Waals surface area contributed by atoms with Gasteiger partial charge in [-0.15, -0.1) is 11.3 Å². The number of aromatic nitrogens is 2. The maximum absolute atomic E-state index is 10.9. The number of carboxylic acid groups (broad SMARTS) is 1. The molecule has 19 heavy (non-hydrogen) atoms. The molecule has 2 aromatic heterocycles. The fourth-order valence-corrected chi connectivity index (χ4v) is 2.44. The molecule has 2 heterocycles. The first-order valence-electron chi connectivity index (χ1n) is 5.59. The third kappa shape index (κ3) is 3.21. The molecule has 0 unspecified atom stereocenters. The van der Waals surface area contributed by atoms with E-state index in [9.17, 15) is 4.79 Å². The van der Waals surface area contributed by atoms with Crippen molar-refractivity contribution in [3.63, 3.8) is 0 Å². The number of carbonyl (C=O) groups is 1. The molecule has 0 fully saturated rings. The molecule has 5 nitrogen and oxygen atoms in total.